The highest BCUT2D eigenvalue weighted by Crippen LogP contribution is 2.36. The molecular formula is C17H20N2O2. The van der Waals surface area contributed by atoms with Gasteiger partial charge in [-0.25, -0.2) is 0 Å². The summed E-state index contributed by atoms with van der Waals surface area (Å²) in [5.41, 5.74) is 2.81. The third-order valence-corrected chi connectivity index (χ3v) is 4.06. The molecule has 3 rings (SSSR count). The molecule has 2 aromatic rings. The molecule has 1 aliphatic rings. The predicted octanol–water partition coefficient (Wildman–Crippen LogP) is 3.12. The van der Waals surface area contributed by atoms with Crippen LogP contribution in [0.25, 0.3) is 0 Å². The summed E-state index contributed by atoms with van der Waals surface area (Å²) in [5, 5.41) is 4.36. The van der Waals surface area contributed by atoms with Crippen molar-refractivity contribution in [3.05, 3.63) is 47.3 Å². The Kier molecular flexibility index (Phi) is 3.78. The first-order chi connectivity index (χ1) is 10.2. The van der Waals surface area contributed by atoms with E-state index in [1.54, 1.807) is 4.68 Å². The average Bonchev–Trinajstić information content (AvgIpc) is 2.89. The van der Waals surface area contributed by atoms with Gasteiger partial charge in [0.25, 0.3) is 0 Å². The van der Waals surface area contributed by atoms with Crippen LogP contribution in [0, 0.1) is 0 Å². The third-order valence-electron chi connectivity index (χ3n) is 4.06. The molecule has 4 heteroatoms. The lowest BCUT2D eigenvalue weighted by atomic mass is 9.87. The standard InChI is InChI=1S/C17H20N2O2/c1-3-15-14(11-19(2)18-15)16(20)10-12-8-9-21-17-7-5-4-6-13(12)17/h4-7,11-12H,3,8-10H2,1-2H3. The van der Waals surface area contributed by atoms with Crippen LogP contribution < -0.4 is 4.74 Å². The molecule has 0 saturated carbocycles. The molecule has 0 radical (unpaired) electrons. The molecule has 0 amide bonds. The van der Waals surface area contributed by atoms with E-state index in [0.29, 0.717) is 13.0 Å². The van der Waals surface area contributed by atoms with Gasteiger partial charge >= 0.3 is 0 Å². The molecule has 0 saturated heterocycles. The monoisotopic (exact) mass is 284 g/mol. The SMILES string of the molecule is CCc1nn(C)cc1C(=O)CC1CCOc2ccccc21. The van der Waals surface area contributed by atoms with E-state index in [9.17, 15) is 4.79 Å². The number of benzene rings is 1. The molecule has 1 aromatic carbocycles. The van der Waals surface area contributed by atoms with Crippen LogP contribution in [0.2, 0.25) is 0 Å². The maximum Gasteiger partial charge on any atom is 0.166 e. The van der Waals surface area contributed by atoms with E-state index in [1.165, 1.54) is 0 Å². The highest BCUT2D eigenvalue weighted by atomic mass is 16.5. The Morgan fingerprint density at radius 2 is 2.24 bits per heavy atom. The number of carbonyl (C=O) groups excluding carboxylic acids is 1. The summed E-state index contributed by atoms with van der Waals surface area (Å²) in [6.45, 7) is 2.71. The molecule has 1 aliphatic heterocycles. The second-order valence-electron chi connectivity index (χ2n) is 5.52. The quantitative estimate of drug-likeness (QED) is 0.810. The lowest BCUT2D eigenvalue weighted by Gasteiger charge is -2.25. The third kappa shape index (κ3) is 2.71. The zero-order chi connectivity index (χ0) is 14.8. The van der Waals surface area contributed by atoms with Gasteiger partial charge in [-0.05, 0) is 30.4 Å². The highest BCUT2D eigenvalue weighted by Gasteiger charge is 2.25. The number of aryl methyl sites for hydroxylation is 2. The first-order valence-electron chi connectivity index (χ1n) is 7.46. The van der Waals surface area contributed by atoms with Gasteiger partial charge in [-0.15, -0.1) is 0 Å². The predicted molar refractivity (Wildman–Crippen MR) is 80.8 cm³/mol. The smallest absolute Gasteiger partial charge is 0.166 e. The first-order valence-corrected chi connectivity index (χ1v) is 7.46. The minimum absolute atomic E-state index is 0.182. The van der Waals surface area contributed by atoms with Gasteiger partial charge in [0, 0.05) is 19.7 Å². The van der Waals surface area contributed by atoms with Crippen LogP contribution >= 0.6 is 0 Å². The topological polar surface area (TPSA) is 44.1 Å². The van der Waals surface area contributed by atoms with Crippen LogP contribution in [0.1, 0.15) is 47.3 Å². The maximum absolute atomic E-state index is 12.6. The van der Waals surface area contributed by atoms with Gasteiger partial charge in [0.2, 0.25) is 0 Å². The molecular weight excluding hydrogens is 264 g/mol. The Morgan fingerprint density at radius 3 is 3.05 bits per heavy atom. The van der Waals surface area contributed by atoms with Crippen molar-refractivity contribution in [2.75, 3.05) is 6.61 Å². The fourth-order valence-corrected chi connectivity index (χ4v) is 2.99. The van der Waals surface area contributed by atoms with E-state index in [2.05, 4.69) is 11.2 Å². The number of ether oxygens (including phenoxy) is 1. The summed E-state index contributed by atoms with van der Waals surface area (Å²) in [6.07, 6.45) is 4.04. The Morgan fingerprint density at radius 1 is 1.43 bits per heavy atom. The molecule has 2 heterocycles. The van der Waals surface area contributed by atoms with Crippen LogP contribution in [0.4, 0.5) is 0 Å². The lowest BCUT2D eigenvalue weighted by molar-refractivity contribution is 0.0965. The summed E-state index contributed by atoms with van der Waals surface area (Å²) in [4.78, 5) is 12.6. The number of hydrogen-bond acceptors (Lipinski definition) is 3. The van der Waals surface area contributed by atoms with Crippen molar-refractivity contribution in [3.8, 4) is 5.75 Å². The number of nitrogens with zero attached hydrogens (tertiary/aromatic N) is 2. The van der Waals surface area contributed by atoms with Crippen molar-refractivity contribution >= 4 is 5.78 Å². The summed E-state index contributed by atoms with van der Waals surface area (Å²) in [5.74, 6) is 1.34. The van der Waals surface area contributed by atoms with E-state index in [4.69, 9.17) is 4.74 Å². The van der Waals surface area contributed by atoms with Crippen LogP contribution in [0.3, 0.4) is 0 Å². The molecule has 21 heavy (non-hydrogen) atoms. The zero-order valence-corrected chi connectivity index (χ0v) is 12.5. The summed E-state index contributed by atoms with van der Waals surface area (Å²) in [6, 6.07) is 8.02. The number of aromatic nitrogens is 2. The molecule has 110 valence electrons. The van der Waals surface area contributed by atoms with Crippen molar-refractivity contribution in [1.29, 1.82) is 0 Å². The molecule has 0 bridgehead atoms. The number of carbonyl (C=O) groups is 1. The normalized spacial score (nSPS) is 17.1. The van der Waals surface area contributed by atoms with Gasteiger partial charge < -0.3 is 4.74 Å². The molecule has 4 nitrogen and oxygen atoms in total. The Hall–Kier alpha value is -2.10. The van der Waals surface area contributed by atoms with Crippen LogP contribution in [0.15, 0.2) is 30.5 Å². The molecule has 1 aromatic heterocycles. The van der Waals surface area contributed by atoms with Crippen LogP contribution in [-0.4, -0.2) is 22.2 Å². The molecule has 0 fully saturated rings. The van der Waals surface area contributed by atoms with E-state index >= 15 is 0 Å². The minimum atomic E-state index is 0.182. The fourth-order valence-electron chi connectivity index (χ4n) is 2.99. The molecule has 1 atom stereocenters. The number of hydrogen-bond donors (Lipinski definition) is 0. The number of rotatable bonds is 4. The molecule has 0 N–H and O–H groups in total. The molecule has 0 spiro atoms. The van der Waals surface area contributed by atoms with Gasteiger partial charge in [0.05, 0.1) is 17.9 Å². The van der Waals surface area contributed by atoms with Crippen LogP contribution in [-0.2, 0) is 13.5 Å². The highest BCUT2D eigenvalue weighted by molar-refractivity contribution is 5.97. The summed E-state index contributed by atoms with van der Waals surface area (Å²) in [7, 11) is 1.86. The van der Waals surface area contributed by atoms with E-state index in [0.717, 1.165) is 35.4 Å². The summed E-state index contributed by atoms with van der Waals surface area (Å²) >= 11 is 0. The Bertz CT molecular complexity index is 661. The van der Waals surface area contributed by atoms with Crippen molar-refractivity contribution in [3.63, 3.8) is 0 Å². The van der Waals surface area contributed by atoms with E-state index in [-0.39, 0.29) is 11.7 Å². The minimum Gasteiger partial charge on any atom is -0.493 e. The van der Waals surface area contributed by atoms with Gasteiger partial charge in [-0.2, -0.15) is 5.10 Å². The van der Waals surface area contributed by atoms with Crippen molar-refractivity contribution in [2.24, 2.45) is 7.05 Å². The van der Waals surface area contributed by atoms with Crippen molar-refractivity contribution < 1.29 is 9.53 Å². The zero-order valence-electron chi connectivity index (χ0n) is 12.5. The number of Topliss-reactive ketones (excluding diaryl/α,β-unsaturated/α-hetero) is 1. The Balaban J connectivity index is 1.82. The Labute approximate surface area is 124 Å². The lowest BCUT2D eigenvalue weighted by Crippen LogP contribution is -2.17. The largest absolute Gasteiger partial charge is 0.493 e. The number of ketones is 1. The van der Waals surface area contributed by atoms with E-state index < -0.39 is 0 Å². The second kappa shape index (κ2) is 5.72. The van der Waals surface area contributed by atoms with Gasteiger partial charge in [-0.1, -0.05) is 25.1 Å². The maximum atomic E-state index is 12.6. The van der Waals surface area contributed by atoms with Crippen molar-refractivity contribution in [2.45, 2.75) is 32.1 Å². The fraction of sp³-hybridized carbons (Fsp3) is 0.412. The summed E-state index contributed by atoms with van der Waals surface area (Å²) < 4.78 is 7.39. The molecule has 0 aliphatic carbocycles. The number of fused-ring (bicyclic) bond motifs is 1. The van der Waals surface area contributed by atoms with Gasteiger partial charge in [-0.3, -0.25) is 9.48 Å². The van der Waals surface area contributed by atoms with E-state index in [1.807, 2.05) is 38.4 Å². The second-order valence-corrected chi connectivity index (χ2v) is 5.52. The van der Waals surface area contributed by atoms with Crippen molar-refractivity contribution in [1.82, 2.24) is 9.78 Å². The van der Waals surface area contributed by atoms with Crippen LogP contribution in [0.5, 0.6) is 5.75 Å². The average molecular weight is 284 g/mol. The first kappa shape index (κ1) is 13.9. The number of para-hydroxylation sites is 1. The van der Waals surface area contributed by atoms with Gasteiger partial charge in [0.1, 0.15) is 5.75 Å². The molecule has 1 unspecified atom stereocenters. The van der Waals surface area contributed by atoms with Gasteiger partial charge in [0.15, 0.2) is 5.78 Å².